The van der Waals surface area contributed by atoms with Crippen LogP contribution in [0.3, 0.4) is 0 Å². The molecule has 0 aliphatic heterocycles. The second-order valence-corrected chi connectivity index (χ2v) is 5.60. The third kappa shape index (κ3) is 2.78. The maximum Gasteiger partial charge on any atom is 0.0616 e. The normalized spacial score (nSPS) is 12.7. The molecule has 17 heavy (non-hydrogen) atoms. The van der Waals surface area contributed by atoms with Gasteiger partial charge in [-0.3, -0.25) is 4.68 Å². The first kappa shape index (κ1) is 12.8. The number of halogens is 2. The van der Waals surface area contributed by atoms with Crippen LogP contribution >= 0.6 is 31.9 Å². The van der Waals surface area contributed by atoms with E-state index in [9.17, 15) is 0 Å². The molecule has 5 heteroatoms. The third-order valence-corrected chi connectivity index (χ3v) is 3.80. The summed E-state index contributed by atoms with van der Waals surface area (Å²) < 4.78 is 3.95. The summed E-state index contributed by atoms with van der Waals surface area (Å²) in [5, 5.41) is 7.52. The number of nitrogens with zero attached hydrogens (tertiary/aromatic N) is 2. The topological polar surface area (TPSA) is 29.9 Å². The molecule has 1 N–H and O–H groups in total. The monoisotopic (exact) mass is 357 g/mol. The zero-order valence-corrected chi connectivity index (χ0v) is 12.8. The Kier molecular flexibility index (Phi) is 4.01. The molecule has 0 aliphatic rings. The fourth-order valence-electron chi connectivity index (χ4n) is 1.83. The van der Waals surface area contributed by atoms with Crippen LogP contribution in [0.15, 0.2) is 39.5 Å². The van der Waals surface area contributed by atoms with Crippen LogP contribution in [-0.4, -0.2) is 16.8 Å². The Balaban J connectivity index is 2.42. The number of hydrogen-bond donors (Lipinski definition) is 1. The van der Waals surface area contributed by atoms with Crippen molar-refractivity contribution in [3.63, 3.8) is 0 Å². The minimum absolute atomic E-state index is 0.145. The molecule has 1 aromatic heterocycles. The SMILES string of the molecule is CNC(c1cnn(C)c1)c1ccc(Br)cc1Br. The first-order chi connectivity index (χ1) is 8.11. The van der Waals surface area contributed by atoms with Gasteiger partial charge in [-0.1, -0.05) is 37.9 Å². The van der Waals surface area contributed by atoms with Crippen LogP contribution in [0, 0.1) is 0 Å². The van der Waals surface area contributed by atoms with Crippen molar-refractivity contribution in [2.45, 2.75) is 6.04 Å². The molecule has 2 aromatic rings. The van der Waals surface area contributed by atoms with E-state index in [-0.39, 0.29) is 6.04 Å². The number of aryl methyl sites for hydroxylation is 1. The van der Waals surface area contributed by atoms with Gasteiger partial charge < -0.3 is 5.32 Å². The van der Waals surface area contributed by atoms with Crippen LogP contribution in [0.25, 0.3) is 0 Å². The molecule has 3 nitrogen and oxygen atoms in total. The average Bonchev–Trinajstić information content (AvgIpc) is 2.69. The number of rotatable bonds is 3. The summed E-state index contributed by atoms with van der Waals surface area (Å²) in [4.78, 5) is 0. The van der Waals surface area contributed by atoms with Crippen molar-refractivity contribution < 1.29 is 0 Å². The Morgan fingerprint density at radius 3 is 2.65 bits per heavy atom. The Bertz CT molecular complexity index is 522. The van der Waals surface area contributed by atoms with Crippen molar-refractivity contribution in [2.24, 2.45) is 7.05 Å². The largest absolute Gasteiger partial charge is 0.309 e. The fraction of sp³-hybridized carbons (Fsp3) is 0.250. The summed E-state index contributed by atoms with van der Waals surface area (Å²) >= 11 is 7.06. The van der Waals surface area contributed by atoms with Gasteiger partial charge in [0.1, 0.15) is 0 Å². The standard InChI is InChI=1S/C12H13Br2N3/c1-15-12(8-6-16-17(2)7-8)10-4-3-9(13)5-11(10)14/h3-7,12,15H,1-2H3. The maximum atomic E-state index is 4.21. The van der Waals surface area contributed by atoms with Gasteiger partial charge in [-0.2, -0.15) is 5.10 Å². The lowest BCUT2D eigenvalue weighted by Crippen LogP contribution is -2.17. The van der Waals surface area contributed by atoms with E-state index in [2.05, 4.69) is 54.4 Å². The average molecular weight is 359 g/mol. The molecule has 0 spiro atoms. The van der Waals surface area contributed by atoms with Gasteiger partial charge in [-0.25, -0.2) is 0 Å². The number of aromatic nitrogens is 2. The molecule has 0 fully saturated rings. The van der Waals surface area contributed by atoms with Gasteiger partial charge in [-0.05, 0) is 24.7 Å². The highest BCUT2D eigenvalue weighted by atomic mass is 79.9. The molecule has 1 aromatic carbocycles. The van der Waals surface area contributed by atoms with E-state index in [0.717, 1.165) is 14.5 Å². The molecular weight excluding hydrogens is 346 g/mol. The van der Waals surface area contributed by atoms with Gasteiger partial charge in [0.25, 0.3) is 0 Å². The van der Waals surface area contributed by atoms with Crippen LogP contribution in [0.4, 0.5) is 0 Å². The van der Waals surface area contributed by atoms with E-state index in [0.29, 0.717) is 0 Å². The van der Waals surface area contributed by atoms with Crippen molar-refractivity contribution in [1.29, 1.82) is 0 Å². The number of nitrogens with one attached hydrogen (secondary N) is 1. The lowest BCUT2D eigenvalue weighted by Gasteiger charge is -2.16. The lowest BCUT2D eigenvalue weighted by molar-refractivity contribution is 0.686. The summed E-state index contributed by atoms with van der Waals surface area (Å²) in [6, 6.07) is 6.34. The number of hydrogen-bond acceptors (Lipinski definition) is 2. The predicted molar refractivity (Wildman–Crippen MR) is 76.0 cm³/mol. The summed E-state index contributed by atoms with van der Waals surface area (Å²) in [5.74, 6) is 0. The van der Waals surface area contributed by atoms with Crippen molar-refractivity contribution in [3.8, 4) is 0 Å². The molecule has 0 aliphatic carbocycles. The lowest BCUT2D eigenvalue weighted by atomic mass is 10.0. The first-order valence-electron chi connectivity index (χ1n) is 5.22. The predicted octanol–water partition coefficient (Wildman–Crippen LogP) is 3.25. The number of benzene rings is 1. The zero-order valence-electron chi connectivity index (χ0n) is 9.61. The Hall–Kier alpha value is -0.650. The van der Waals surface area contributed by atoms with E-state index in [1.54, 1.807) is 0 Å². The van der Waals surface area contributed by atoms with Crippen molar-refractivity contribution in [3.05, 3.63) is 50.7 Å². The minimum Gasteiger partial charge on any atom is -0.309 e. The molecular formula is C12H13Br2N3. The molecule has 0 saturated heterocycles. The van der Waals surface area contributed by atoms with E-state index < -0.39 is 0 Å². The fourth-order valence-corrected chi connectivity index (χ4v) is 3.10. The van der Waals surface area contributed by atoms with Gasteiger partial charge in [-0.15, -0.1) is 0 Å². The van der Waals surface area contributed by atoms with Gasteiger partial charge in [0.15, 0.2) is 0 Å². The molecule has 0 bridgehead atoms. The maximum absolute atomic E-state index is 4.21. The molecule has 0 amide bonds. The highest BCUT2D eigenvalue weighted by molar-refractivity contribution is 9.11. The second-order valence-electron chi connectivity index (χ2n) is 3.83. The molecule has 0 radical (unpaired) electrons. The quantitative estimate of drug-likeness (QED) is 0.912. The van der Waals surface area contributed by atoms with Gasteiger partial charge in [0.05, 0.1) is 12.2 Å². The summed E-state index contributed by atoms with van der Waals surface area (Å²) in [6.45, 7) is 0. The third-order valence-electron chi connectivity index (χ3n) is 2.62. The van der Waals surface area contributed by atoms with E-state index in [1.807, 2.05) is 37.2 Å². The highest BCUT2D eigenvalue weighted by Gasteiger charge is 2.16. The highest BCUT2D eigenvalue weighted by Crippen LogP contribution is 2.30. The van der Waals surface area contributed by atoms with Crippen LogP contribution in [0.2, 0.25) is 0 Å². The van der Waals surface area contributed by atoms with Gasteiger partial charge in [0.2, 0.25) is 0 Å². The Morgan fingerprint density at radius 2 is 2.12 bits per heavy atom. The summed E-state index contributed by atoms with van der Waals surface area (Å²) in [7, 11) is 3.87. The van der Waals surface area contributed by atoms with E-state index >= 15 is 0 Å². The first-order valence-corrected chi connectivity index (χ1v) is 6.81. The molecule has 1 unspecified atom stereocenters. The minimum atomic E-state index is 0.145. The Morgan fingerprint density at radius 1 is 1.35 bits per heavy atom. The summed E-state index contributed by atoms with van der Waals surface area (Å²) in [5.41, 5.74) is 2.35. The molecule has 1 heterocycles. The van der Waals surface area contributed by atoms with Crippen molar-refractivity contribution >= 4 is 31.9 Å². The van der Waals surface area contributed by atoms with Crippen molar-refractivity contribution in [1.82, 2.24) is 15.1 Å². The Labute approximate surface area is 117 Å². The van der Waals surface area contributed by atoms with Gasteiger partial charge in [0, 0.05) is 27.8 Å². The van der Waals surface area contributed by atoms with Crippen LogP contribution < -0.4 is 5.32 Å². The van der Waals surface area contributed by atoms with Crippen LogP contribution in [-0.2, 0) is 7.05 Å². The molecule has 0 saturated carbocycles. The smallest absolute Gasteiger partial charge is 0.0616 e. The summed E-state index contributed by atoms with van der Waals surface area (Å²) in [6.07, 6.45) is 3.91. The van der Waals surface area contributed by atoms with Crippen molar-refractivity contribution in [2.75, 3.05) is 7.05 Å². The zero-order chi connectivity index (χ0) is 12.4. The molecule has 2 rings (SSSR count). The molecule has 1 atom stereocenters. The van der Waals surface area contributed by atoms with Gasteiger partial charge >= 0.3 is 0 Å². The molecule has 90 valence electrons. The van der Waals surface area contributed by atoms with E-state index in [1.165, 1.54) is 5.56 Å². The van der Waals surface area contributed by atoms with Crippen LogP contribution in [0.5, 0.6) is 0 Å². The second kappa shape index (κ2) is 5.33. The van der Waals surface area contributed by atoms with Crippen LogP contribution in [0.1, 0.15) is 17.2 Å². The van der Waals surface area contributed by atoms with E-state index in [4.69, 9.17) is 0 Å².